The summed E-state index contributed by atoms with van der Waals surface area (Å²) in [7, 11) is 1.79. The van der Waals surface area contributed by atoms with Crippen LogP contribution in [0.5, 0.6) is 0 Å². The summed E-state index contributed by atoms with van der Waals surface area (Å²) in [6.07, 6.45) is 4.37. The highest BCUT2D eigenvalue weighted by Gasteiger charge is 2.00. The lowest BCUT2D eigenvalue weighted by atomic mass is 10.1. The minimum absolute atomic E-state index is 0. The second-order valence-electron chi connectivity index (χ2n) is 5.95. The van der Waals surface area contributed by atoms with Crippen LogP contribution in [0.3, 0.4) is 0 Å². The minimum Gasteiger partial charge on any atom is -0.374 e. The summed E-state index contributed by atoms with van der Waals surface area (Å²) in [4.78, 5) is 4.25. The SMILES string of the molecule is CN=C(NCCn1cccc1)NCc1ccc(COC(C)C)cc1.I. The Bertz CT molecular complexity index is 609. The molecule has 25 heavy (non-hydrogen) atoms. The van der Waals surface area contributed by atoms with Gasteiger partial charge in [0, 0.05) is 39.1 Å². The number of guanidine groups is 1. The summed E-state index contributed by atoms with van der Waals surface area (Å²) in [5.74, 6) is 0.814. The molecule has 0 atom stereocenters. The highest BCUT2D eigenvalue weighted by molar-refractivity contribution is 14.0. The average Bonchev–Trinajstić information content (AvgIpc) is 3.10. The van der Waals surface area contributed by atoms with Crippen molar-refractivity contribution in [2.24, 2.45) is 4.99 Å². The smallest absolute Gasteiger partial charge is 0.191 e. The van der Waals surface area contributed by atoms with Crippen molar-refractivity contribution in [2.45, 2.75) is 39.6 Å². The Morgan fingerprint density at radius 2 is 1.72 bits per heavy atom. The number of benzene rings is 1. The van der Waals surface area contributed by atoms with Crippen molar-refractivity contribution in [3.63, 3.8) is 0 Å². The molecule has 0 amide bonds. The highest BCUT2D eigenvalue weighted by atomic mass is 127. The van der Waals surface area contributed by atoms with Crippen molar-refractivity contribution >= 4 is 29.9 Å². The third-order valence-corrected chi connectivity index (χ3v) is 3.62. The lowest BCUT2D eigenvalue weighted by Gasteiger charge is -2.13. The summed E-state index contributed by atoms with van der Waals surface area (Å²) < 4.78 is 7.75. The topological polar surface area (TPSA) is 50.6 Å². The van der Waals surface area contributed by atoms with Gasteiger partial charge in [-0.1, -0.05) is 24.3 Å². The number of hydrogen-bond donors (Lipinski definition) is 2. The van der Waals surface area contributed by atoms with E-state index in [1.54, 1.807) is 7.05 Å². The number of nitrogens with zero attached hydrogens (tertiary/aromatic N) is 2. The standard InChI is InChI=1S/C19H28N4O.HI/c1-16(2)24-15-18-8-6-17(7-9-18)14-22-19(20-3)21-10-13-23-11-4-5-12-23;/h4-9,11-12,16H,10,13-15H2,1-3H3,(H2,20,21,22);1H. The normalized spacial score (nSPS) is 11.3. The van der Waals surface area contributed by atoms with E-state index < -0.39 is 0 Å². The molecule has 0 radical (unpaired) electrons. The number of hydrogen-bond acceptors (Lipinski definition) is 2. The Hall–Kier alpha value is -1.54. The Morgan fingerprint density at radius 3 is 2.32 bits per heavy atom. The molecule has 0 aliphatic heterocycles. The molecule has 0 aliphatic rings. The van der Waals surface area contributed by atoms with E-state index in [2.05, 4.69) is 56.9 Å². The van der Waals surface area contributed by atoms with Gasteiger partial charge in [-0.15, -0.1) is 24.0 Å². The second-order valence-corrected chi connectivity index (χ2v) is 5.95. The van der Waals surface area contributed by atoms with Crippen molar-refractivity contribution < 1.29 is 4.74 Å². The van der Waals surface area contributed by atoms with Crippen LogP contribution in [0.4, 0.5) is 0 Å². The van der Waals surface area contributed by atoms with Crippen LogP contribution < -0.4 is 10.6 Å². The highest BCUT2D eigenvalue weighted by Crippen LogP contribution is 2.07. The van der Waals surface area contributed by atoms with Crippen LogP contribution in [0, 0.1) is 0 Å². The van der Waals surface area contributed by atoms with E-state index >= 15 is 0 Å². The molecule has 0 saturated carbocycles. The van der Waals surface area contributed by atoms with E-state index in [4.69, 9.17) is 4.74 Å². The molecule has 138 valence electrons. The van der Waals surface area contributed by atoms with E-state index in [1.165, 1.54) is 11.1 Å². The van der Waals surface area contributed by atoms with Gasteiger partial charge >= 0.3 is 0 Å². The van der Waals surface area contributed by atoms with Gasteiger partial charge in [0.2, 0.25) is 0 Å². The molecule has 1 aromatic carbocycles. The molecule has 1 heterocycles. The predicted octanol–water partition coefficient (Wildman–Crippen LogP) is 3.40. The Kier molecular flexibility index (Phi) is 10.3. The van der Waals surface area contributed by atoms with E-state index in [-0.39, 0.29) is 30.1 Å². The molecule has 0 fully saturated rings. The fourth-order valence-corrected chi connectivity index (χ4v) is 2.25. The maximum absolute atomic E-state index is 5.61. The molecule has 0 unspecified atom stereocenters. The Morgan fingerprint density at radius 1 is 1.08 bits per heavy atom. The van der Waals surface area contributed by atoms with Crippen LogP contribution in [-0.4, -0.2) is 30.2 Å². The number of aromatic nitrogens is 1. The van der Waals surface area contributed by atoms with Crippen LogP contribution in [0.15, 0.2) is 53.8 Å². The number of ether oxygens (including phenoxy) is 1. The van der Waals surface area contributed by atoms with E-state index in [9.17, 15) is 0 Å². The molecule has 0 spiro atoms. The molecule has 1 aromatic heterocycles. The first-order chi connectivity index (χ1) is 11.7. The Labute approximate surface area is 167 Å². The number of halogens is 1. The lowest BCUT2D eigenvalue weighted by Crippen LogP contribution is -2.38. The van der Waals surface area contributed by atoms with Gasteiger partial charge in [0.25, 0.3) is 0 Å². The van der Waals surface area contributed by atoms with E-state index in [1.807, 2.05) is 26.0 Å². The first-order valence-corrected chi connectivity index (χ1v) is 8.42. The third-order valence-electron chi connectivity index (χ3n) is 3.62. The second kappa shape index (κ2) is 11.9. The summed E-state index contributed by atoms with van der Waals surface area (Å²) in [5, 5.41) is 6.65. The number of nitrogens with one attached hydrogen (secondary N) is 2. The van der Waals surface area contributed by atoms with Crippen LogP contribution in [0.2, 0.25) is 0 Å². The fourth-order valence-electron chi connectivity index (χ4n) is 2.25. The third kappa shape index (κ3) is 8.40. The molecule has 0 saturated heterocycles. The monoisotopic (exact) mass is 456 g/mol. The van der Waals surface area contributed by atoms with Gasteiger partial charge < -0.3 is 19.9 Å². The average molecular weight is 456 g/mol. The molecular weight excluding hydrogens is 427 g/mol. The van der Waals surface area contributed by atoms with Crippen LogP contribution in [0.25, 0.3) is 0 Å². The van der Waals surface area contributed by atoms with Crippen molar-refractivity contribution in [1.82, 2.24) is 15.2 Å². The fraction of sp³-hybridized carbons (Fsp3) is 0.421. The van der Waals surface area contributed by atoms with Crippen molar-refractivity contribution in [2.75, 3.05) is 13.6 Å². The molecule has 0 aliphatic carbocycles. The number of rotatable bonds is 8. The Balaban J connectivity index is 0.00000312. The van der Waals surface area contributed by atoms with E-state index in [0.717, 1.165) is 25.6 Å². The molecule has 6 heteroatoms. The summed E-state index contributed by atoms with van der Waals surface area (Å²) >= 11 is 0. The molecule has 2 aromatic rings. The zero-order chi connectivity index (χ0) is 17.2. The van der Waals surface area contributed by atoms with Crippen LogP contribution >= 0.6 is 24.0 Å². The summed E-state index contributed by atoms with van der Waals surface area (Å²) in [6.45, 7) is 7.25. The van der Waals surface area contributed by atoms with Gasteiger partial charge in [0.1, 0.15) is 0 Å². The lowest BCUT2D eigenvalue weighted by molar-refractivity contribution is 0.0657. The predicted molar refractivity (Wildman–Crippen MR) is 114 cm³/mol. The molecule has 0 bridgehead atoms. The zero-order valence-corrected chi connectivity index (χ0v) is 17.6. The van der Waals surface area contributed by atoms with E-state index in [0.29, 0.717) is 6.61 Å². The minimum atomic E-state index is 0. The summed E-state index contributed by atoms with van der Waals surface area (Å²) in [5.41, 5.74) is 2.42. The molecule has 2 N–H and O–H groups in total. The molecular formula is C19H29IN4O. The van der Waals surface area contributed by atoms with Crippen molar-refractivity contribution in [3.8, 4) is 0 Å². The van der Waals surface area contributed by atoms with Gasteiger partial charge in [-0.2, -0.15) is 0 Å². The van der Waals surface area contributed by atoms with Gasteiger partial charge in [-0.3, -0.25) is 4.99 Å². The zero-order valence-electron chi connectivity index (χ0n) is 15.2. The summed E-state index contributed by atoms with van der Waals surface area (Å²) in [6, 6.07) is 12.5. The number of aliphatic imine (C=N–C) groups is 1. The maximum Gasteiger partial charge on any atom is 0.191 e. The van der Waals surface area contributed by atoms with Crippen molar-refractivity contribution in [1.29, 1.82) is 0 Å². The van der Waals surface area contributed by atoms with Gasteiger partial charge in [0.15, 0.2) is 5.96 Å². The maximum atomic E-state index is 5.61. The largest absolute Gasteiger partial charge is 0.374 e. The van der Waals surface area contributed by atoms with Gasteiger partial charge in [-0.05, 0) is 37.1 Å². The van der Waals surface area contributed by atoms with Gasteiger partial charge in [-0.25, -0.2) is 0 Å². The quantitative estimate of drug-likeness (QED) is 0.364. The first-order valence-electron chi connectivity index (χ1n) is 8.42. The van der Waals surface area contributed by atoms with Crippen molar-refractivity contribution in [3.05, 3.63) is 59.9 Å². The van der Waals surface area contributed by atoms with Gasteiger partial charge in [0.05, 0.1) is 12.7 Å². The first kappa shape index (κ1) is 21.5. The van der Waals surface area contributed by atoms with Crippen LogP contribution in [-0.2, 0) is 24.4 Å². The molecule has 2 rings (SSSR count). The van der Waals surface area contributed by atoms with Crippen LogP contribution in [0.1, 0.15) is 25.0 Å². The molecule has 5 nitrogen and oxygen atoms in total.